The van der Waals surface area contributed by atoms with Crippen molar-refractivity contribution in [2.75, 3.05) is 0 Å². The monoisotopic (exact) mass is 258 g/mol. The Morgan fingerprint density at radius 2 is 2.29 bits per heavy atom. The maximum Gasteiger partial charge on any atom is 0.268 e. The van der Waals surface area contributed by atoms with Gasteiger partial charge in [-0.3, -0.25) is 14.2 Å². The fourth-order valence-electron chi connectivity index (χ4n) is 0.961. The van der Waals surface area contributed by atoms with Gasteiger partial charge in [0.1, 0.15) is 4.47 Å². The van der Waals surface area contributed by atoms with Crippen molar-refractivity contribution in [1.82, 2.24) is 9.55 Å². The van der Waals surface area contributed by atoms with Crippen LogP contribution in [-0.4, -0.2) is 15.3 Å². The normalized spacial score (nSPS) is 10.2. The van der Waals surface area contributed by atoms with E-state index in [9.17, 15) is 9.59 Å². The van der Waals surface area contributed by atoms with Crippen molar-refractivity contribution >= 4 is 21.7 Å². The van der Waals surface area contributed by atoms with Crippen LogP contribution >= 0.6 is 15.9 Å². The van der Waals surface area contributed by atoms with E-state index in [1.165, 1.54) is 10.9 Å². The first-order valence-corrected chi connectivity index (χ1v) is 5.08. The highest BCUT2D eigenvalue weighted by atomic mass is 79.9. The van der Waals surface area contributed by atoms with Gasteiger partial charge in [-0.05, 0) is 22.9 Å². The van der Waals surface area contributed by atoms with E-state index >= 15 is 0 Å². The summed E-state index contributed by atoms with van der Waals surface area (Å²) >= 11 is 3.13. The van der Waals surface area contributed by atoms with Crippen LogP contribution in [0.1, 0.15) is 19.0 Å². The molecule has 0 aliphatic carbocycles. The van der Waals surface area contributed by atoms with Crippen LogP contribution in [0.25, 0.3) is 0 Å². The van der Waals surface area contributed by atoms with Gasteiger partial charge in [0, 0.05) is 6.42 Å². The van der Waals surface area contributed by atoms with Gasteiger partial charge in [-0.15, -0.1) is 0 Å². The number of halogens is 1. The first-order chi connectivity index (χ1) is 6.56. The molecule has 0 spiro atoms. The summed E-state index contributed by atoms with van der Waals surface area (Å²) in [6.45, 7) is 3.60. The van der Waals surface area contributed by atoms with Gasteiger partial charge in [0.15, 0.2) is 5.78 Å². The lowest BCUT2D eigenvalue weighted by molar-refractivity contribution is -0.119. The fraction of sp³-hybridized carbons (Fsp3) is 0.444. The van der Waals surface area contributed by atoms with Crippen molar-refractivity contribution in [3.05, 3.63) is 26.8 Å². The van der Waals surface area contributed by atoms with Gasteiger partial charge in [0.05, 0.1) is 18.6 Å². The second-order valence-electron chi connectivity index (χ2n) is 2.97. The van der Waals surface area contributed by atoms with Crippen molar-refractivity contribution in [2.24, 2.45) is 0 Å². The summed E-state index contributed by atoms with van der Waals surface area (Å²) < 4.78 is 1.73. The first-order valence-electron chi connectivity index (χ1n) is 4.29. The lowest BCUT2D eigenvalue weighted by Gasteiger charge is -2.04. The highest BCUT2D eigenvalue weighted by Gasteiger charge is 2.07. The Kier molecular flexibility index (Phi) is 3.57. The molecule has 1 heterocycles. The molecule has 0 amide bonds. The number of hydrogen-bond donors (Lipinski definition) is 0. The SMILES string of the molecule is CCC(=O)Cn1cnc(C)c(Br)c1=O. The maximum atomic E-state index is 11.6. The smallest absolute Gasteiger partial charge is 0.268 e. The third-order valence-corrected chi connectivity index (χ3v) is 2.81. The Morgan fingerprint density at radius 1 is 1.64 bits per heavy atom. The molecule has 0 unspecified atom stereocenters. The zero-order valence-corrected chi connectivity index (χ0v) is 9.67. The molecule has 0 aliphatic rings. The molecular weight excluding hydrogens is 248 g/mol. The number of rotatable bonds is 3. The quantitative estimate of drug-likeness (QED) is 0.821. The second-order valence-corrected chi connectivity index (χ2v) is 3.76. The molecule has 0 fully saturated rings. The van der Waals surface area contributed by atoms with E-state index in [1.54, 1.807) is 13.8 Å². The van der Waals surface area contributed by atoms with Gasteiger partial charge in [-0.1, -0.05) is 6.92 Å². The fourth-order valence-corrected chi connectivity index (χ4v) is 1.29. The zero-order chi connectivity index (χ0) is 10.7. The highest BCUT2D eigenvalue weighted by molar-refractivity contribution is 9.10. The van der Waals surface area contributed by atoms with Gasteiger partial charge >= 0.3 is 0 Å². The Bertz CT molecular complexity index is 412. The third-order valence-electron chi connectivity index (χ3n) is 1.90. The number of carbonyl (C=O) groups excluding carboxylic acids is 1. The number of aryl methyl sites for hydroxylation is 1. The summed E-state index contributed by atoms with van der Waals surface area (Å²) in [5.41, 5.74) is 0.425. The van der Waals surface area contributed by atoms with Crippen molar-refractivity contribution in [1.29, 1.82) is 0 Å². The van der Waals surface area contributed by atoms with E-state index in [4.69, 9.17) is 0 Å². The van der Waals surface area contributed by atoms with Crippen molar-refractivity contribution in [3.63, 3.8) is 0 Å². The number of carbonyl (C=O) groups is 1. The molecular formula is C9H11BrN2O2. The maximum absolute atomic E-state index is 11.6. The number of Topliss-reactive ketones (excluding diaryl/α,β-unsaturated/α-hetero) is 1. The second kappa shape index (κ2) is 4.50. The number of ketones is 1. The molecule has 0 N–H and O–H groups in total. The highest BCUT2D eigenvalue weighted by Crippen LogP contribution is 2.05. The largest absolute Gasteiger partial charge is 0.298 e. The molecule has 1 rings (SSSR count). The minimum Gasteiger partial charge on any atom is -0.298 e. The van der Waals surface area contributed by atoms with Crippen molar-refractivity contribution in [3.8, 4) is 0 Å². The number of hydrogen-bond acceptors (Lipinski definition) is 3. The molecule has 1 aromatic rings. The summed E-state index contributed by atoms with van der Waals surface area (Å²) in [5.74, 6) is 0.0182. The molecule has 0 saturated heterocycles. The summed E-state index contributed by atoms with van der Waals surface area (Å²) in [6, 6.07) is 0. The summed E-state index contributed by atoms with van der Waals surface area (Å²) in [6.07, 6.45) is 1.83. The Morgan fingerprint density at radius 3 is 2.86 bits per heavy atom. The van der Waals surface area contributed by atoms with Crippen LogP contribution in [0.3, 0.4) is 0 Å². The Hall–Kier alpha value is -0.970. The van der Waals surface area contributed by atoms with E-state index in [-0.39, 0.29) is 17.9 Å². The molecule has 0 aromatic carbocycles. The third kappa shape index (κ3) is 2.29. The van der Waals surface area contributed by atoms with E-state index < -0.39 is 0 Å². The molecule has 0 atom stereocenters. The first kappa shape index (κ1) is 11.1. The zero-order valence-electron chi connectivity index (χ0n) is 8.08. The molecule has 0 radical (unpaired) electrons. The molecule has 0 saturated carbocycles. The molecule has 4 nitrogen and oxygen atoms in total. The average molecular weight is 259 g/mol. The van der Waals surface area contributed by atoms with E-state index in [0.29, 0.717) is 16.6 Å². The van der Waals surface area contributed by atoms with E-state index in [0.717, 1.165) is 0 Å². The van der Waals surface area contributed by atoms with Crippen LogP contribution in [0, 0.1) is 6.92 Å². The van der Waals surface area contributed by atoms with Gasteiger partial charge in [0.2, 0.25) is 0 Å². The topological polar surface area (TPSA) is 52.0 Å². The van der Waals surface area contributed by atoms with Crippen molar-refractivity contribution in [2.45, 2.75) is 26.8 Å². The molecule has 0 aliphatic heterocycles. The minimum absolute atomic E-state index is 0.0182. The van der Waals surface area contributed by atoms with Crippen LogP contribution in [0.2, 0.25) is 0 Å². The molecule has 0 bridgehead atoms. The number of nitrogens with zero attached hydrogens (tertiary/aromatic N) is 2. The Labute approximate surface area is 90.1 Å². The number of aromatic nitrogens is 2. The molecule has 14 heavy (non-hydrogen) atoms. The van der Waals surface area contributed by atoms with Gasteiger partial charge < -0.3 is 0 Å². The Balaban J connectivity index is 3.06. The van der Waals surface area contributed by atoms with Crippen LogP contribution in [0.4, 0.5) is 0 Å². The van der Waals surface area contributed by atoms with Crippen LogP contribution in [0.5, 0.6) is 0 Å². The molecule has 5 heteroatoms. The average Bonchev–Trinajstić information content (AvgIpc) is 2.19. The van der Waals surface area contributed by atoms with Gasteiger partial charge in [0.25, 0.3) is 5.56 Å². The molecule has 76 valence electrons. The van der Waals surface area contributed by atoms with Gasteiger partial charge in [-0.25, -0.2) is 4.98 Å². The lowest BCUT2D eigenvalue weighted by Crippen LogP contribution is -2.25. The predicted octanol–water partition coefficient (Wildman–Crippen LogP) is 1.29. The summed E-state index contributed by atoms with van der Waals surface area (Å²) in [5, 5.41) is 0. The van der Waals surface area contributed by atoms with Crippen LogP contribution < -0.4 is 5.56 Å². The van der Waals surface area contributed by atoms with E-state index in [2.05, 4.69) is 20.9 Å². The van der Waals surface area contributed by atoms with Gasteiger partial charge in [-0.2, -0.15) is 0 Å². The predicted molar refractivity (Wildman–Crippen MR) is 56.2 cm³/mol. The standard InChI is InChI=1S/C9H11BrN2O2/c1-3-7(13)4-12-5-11-6(2)8(10)9(12)14/h5H,3-4H2,1-2H3. The van der Waals surface area contributed by atoms with E-state index in [1.807, 2.05) is 0 Å². The van der Waals surface area contributed by atoms with Crippen LogP contribution in [-0.2, 0) is 11.3 Å². The summed E-state index contributed by atoms with van der Waals surface area (Å²) in [7, 11) is 0. The van der Waals surface area contributed by atoms with Crippen LogP contribution in [0.15, 0.2) is 15.6 Å². The molecule has 1 aromatic heterocycles. The minimum atomic E-state index is -0.209. The van der Waals surface area contributed by atoms with Crippen molar-refractivity contribution < 1.29 is 4.79 Å². The summed E-state index contributed by atoms with van der Waals surface area (Å²) in [4.78, 5) is 26.7. The lowest BCUT2D eigenvalue weighted by atomic mass is 10.3.